The van der Waals surface area contributed by atoms with E-state index in [0.29, 0.717) is 18.9 Å². The molecule has 2 amide bonds. The van der Waals surface area contributed by atoms with Crippen LogP contribution in [0.2, 0.25) is 0 Å². The van der Waals surface area contributed by atoms with E-state index in [-0.39, 0.29) is 17.9 Å². The van der Waals surface area contributed by atoms with E-state index in [9.17, 15) is 9.59 Å². The number of likely N-dealkylation sites (tertiary alicyclic amines) is 1. The minimum atomic E-state index is -0.0116. The number of hydrogen-bond acceptors (Lipinski definition) is 3. The highest BCUT2D eigenvalue weighted by Gasteiger charge is 2.29. The molecule has 0 spiro atoms. The molecule has 90 valence electrons. The highest BCUT2D eigenvalue weighted by molar-refractivity contribution is 5.77. The molecule has 16 heavy (non-hydrogen) atoms. The minimum absolute atomic E-state index is 0.0116. The van der Waals surface area contributed by atoms with Crippen molar-refractivity contribution in [1.29, 1.82) is 0 Å². The summed E-state index contributed by atoms with van der Waals surface area (Å²) in [5.41, 5.74) is 0. The van der Waals surface area contributed by atoms with Gasteiger partial charge < -0.3 is 15.5 Å². The van der Waals surface area contributed by atoms with Crippen molar-refractivity contribution in [1.82, 2.24) is 15.5 Å². The summed E-state index contributed by atoms with van der Waals surface area (Å²) in [5, 5.41) is 6.03. The van der Waals surface area contributed by atoms with Gasteiger partial charge in [0.2, 0.25) is 11.8 Å². The van der Waals surface area contributed by atoms with Crippen molar-refractivity contribution in [3.05, 3.63) is 0 Å². The van der Waals surface area contributed by atoms with E-state index in [1.165, 1.54) is 6.92 Å². The zero-order chi connectivity index (χ0) is 11.5. The lowest BCUT2D eigenvalue weighted by Crippen LogP contribution is -2.45. The molecule has 2 rings (SSSR count). The molecule has 2 heterocycles. The Morgan fingerprint density at radius 3 is 2.75 bits per heavy atom. The van der Waals surface area contributed by atoms with Crippen LogP contribution in [-0.2, 0) is 9.59 Å². The molecular formula is C11H19N3O2. The molecule has 0 aromatic carbocycles. The van der Waals surface area contributed by atoms with Crippen molar-refractivity contribution in [2.24, 2.45) is 5.92 Å². The molecule has 0 aliphatic carbocycles. The second-order valence-electron chi connectivity index (χ2n) is 4.75. The fourth-order valence-electron chi connectivity index (χ4n) is 2.26. The number of carbonyl (C=O) groups excluding carboxylic acids is 2. The highest BCUT2D eigenvalue weighted by atomic mass is 16.2. The largest absolute Gasteiger partial charge is 0.352 e. The number of carbonyl (C=O) groups is 2. The Balaban J connectivity index is 1.74. The molecule has 5 nitrogen and oxygen atoms in total. The SMILES string of the molecule is CC(=O)NC1CCN(C(=O)CC2CNC2)C1. The lowest BCUT2D eigenvalue weighted by atomic mass is 9.99. The smallest absolute Gasteiger partial charge is 0.223 e. The van der Waals surface area contributed by atoms with Crippen molar-refractivity contribution in [2.75, 3.05) is 26.2 Å². The van der Waals surface area contributed by atoms with E-state index in [4.69, 9.17) is 0 Å². The second-order valence-corrected chi connectivity index (χ2v) is 4.75. The summed E-state index contributed by atoms with van der Waals surface area (Å²) >= 11 is 0. The minimum Gasteiger partial charge on any atom is -0.352 e. The Morgan fingerprint density at radius 2 is 2.19 bits per heavy atom. The summed E-state index contributed by atoms with van der Waals surface area (Å²) in [7, 11) is 0. The molecule has 5 heteroatoms. The monoisotopic (exact) mass is 225 g/mol. The van der Waals surface area contributed by atoms with Gasteiger partial charge in [0.05, 0.1) is 0 Å². The summed E-state index contributed by atoms with van der Waals surface area (Å²) in [6, 6.07) is 0.154. The van der Waals surface area contributed by atoms with E-state index in [1.54, 1.807) is 0 Å². The third kappa shape index (κ3) is 2.72. The molecule has 0 aromatic rings. The van der Waals surface area contributed by atoms with E-state index in [1.807, 2.05) is 4.90 Å². The lowest BCUT2D eigenvalue weighted by Gasteiger charge is -2.28. The first-order valence-corrected chi connectivity index (χ1v) is 5.90. The fourth-order valence-corrected chi connectivity index (χ4v) is 2.26. The Kier molecular flexibility index (Phi) is 3.43. The fraction of sp³-hybridized carbons (Fsp3) is 0.818. The van der Waals surface area contributed by atoms with Gasteiger partial charge in [0.1, 0.15) is 0 Å². The Morgan fingerprint density at radius 1 is 1.44 bits per heavy atom. The van der Waals surface area contributed by atoms with Gasteiger partial charge >= 0.3 is 0 Å². The molecule has 2 fully saturated rings. The molecule has 2 aliphatic rings. The van der Waals surface area contributed by atoms with Gasteiger partial charge in [-0.2, -0.15) is 0 Å². The van der Waals surface area contributed by atoms with Crippen LogP contribution < -0.4 is 10.6 Å². The van der Waals surface area contributed by atoms with E-state index in [0.717, 1.165) is 26.1 Å². The predicted octanol–water partition coefficient (Wildman–Crippen LogP) is -0.667. The zero-order valence-electron chi connectivity index (χ0n) is 9.66. The van der Waals surface area contributed by atoms with Gasteiger partial charge in [-0.05, 0) is 25.4 Å². The second kappa shape index (κ2) is 4.82. The lowest BCUT2D eigenvalue weighted by molar-refractivity contribution is -0.131. The molecular weight excluding hydrogens is 206 g/mol. The molecule has 1 atom stereocenters. The van der Waals surface area contributed by atoms with Crippen molar-refractivity contribution in [2.45, 2.75) is 25.8 Å². The van der Waals surface area contributed by atoms with Gasteiger partial charge in [0.15, 0.2) is 0 Å². The normalized spacial score (nSPS) is 25.3. The van der Waals surface area contributed by atoms with Crippen LogP contribution in [-0.4, -0.2) is 48.9 Å². The predicted molar refractivity (Wildman–Crippen MR) is 59.8 cm³/mol. The molecule has 0 bridgehead atoms. The molecule has 2 saturated heterocycles. The third-order valence-electron chi connectivity index (χ3n) is 3.28. The highest BCUT2D eigenvalue weighted by Crippen LogP contribution is 2.15. The zero-order valence-corrected chi connectivity index (χ0v) is 9.66. The van der Waals surface area contributed by atoms with Gasteiger partial charge in [-0.25, -0.2) is 0 Å². The first kappa shape index (κ1) is 11.4. The Labute approximate surface area is 95.6 Å². The molecule has 1 unspecified atom stereocenters. The van der Waals surface area contributed by atoms with Crippen LogP contribution in [0.15, 0.2) is 0 Å². The van der Waals surface area contributed by atoms with Crippen LogP contribution in [0.5, 0.6) is 0 Å². The van der Waals surface area contributed by atoms with Gasteiger partial charge in [-0.1, -0.05) is 0 Å². The molecule has 0 saturated carbocycles. The van der Waals surface area contributed by atoms with Crippen LogP contribution in [0.25, 0.3) is 0 Å². The molecule has 2 N–H and O–H groups in total. The summed E-state index contributed by atoms with van der Waals surface area (Å²) in [6.45, 7) is 4.91. The number of rotatable bonds is 3. The Bertz CT molecular complexity index is 289. The van der Waals surface area contributed by atoms with Crippen molar-refractivity contribution >= 4 is 11.8 Å². The topological polar surface area (TPSA) is 61.4 Å². The van der Waals surface area contributed by atoms with Gasteiger partial charge in [0.25, 0.3) is 0 Å². The standard InChI is InChI=1S/C11H19N3O2/c1-8(15)13-10-2-3-14(7-10)11(16)4-9-5-12-6-9/h9-10,12H,2-7H2,1H3,(H,13,15). The van der Waals surface area contributed by atoms with Crippen LogP contribution in [0.3, 0.4) is 0 Å². The maximum Gasteiger partial charge on any atom is 0.223 e. The van der Waals surface area contributed by atoms with Crippen LogP contribution in [0.1, 0.15) is 19.8 Å². The Hall–Kier alpha value is -1.10. The average Bonchev–Trinajstić information content (AvgIpc) is 2.58. The van der Waals surface area contributed by atoms with E-state index < -0.39 is 0 Å². The summed E-state index contributed by atoms with van der Waals surface area (Å²) in [6.07, 6.45) is 1.54. The number of hydrogen-bond donors (Lipinski definition) is 2. The molecule has 2 aliphatic heterocycles. The van der Waals surface area contributed by atoms with Crippen LogP contribution >= 0.6 is 0 Å². The van der Waals surface area contributed by atoms with Gasteiger partial charge in [0, 0.05) is 32.5 Å². The van der Waals surface area contributed by atoms with Crippen LogP contribution in [0, 0.1) is 5.92 Å². The van der Waals surface area contributed by atoms with Gasteiger partial charge in [-0.3, -0.25) is 9.59 Å². The summed E-state index contributed by atoms with van der Waals surface area (Å²) in [4.78, 5) is 24.6. The first-order chi connectivity index (χ1) is 7.65. The maximum absolute atomic E-state index is 11.9. The number of amides is 2. The molecule has 0 aromatic heterocycles. The molecule has 0 radical (unpaired) electrons. The summed E-state index contributed by atoms with van der Waals surface area (Å²) < 4.78 is 0. The first-order valence-electron chi connectivity index (χ1n) is 5.90. The van der Waals surface area contributed by atoms with Crippen molar-refractivity contribution in [3.8, 4) is 0 Å². The van der Waals surface area contributed by atoms with Crippen molar-refractivity contribution < 1.29 is 9.59 Å². The van der Waals surface area contributed by atoms with E-state index in [2.05, 4.69) is 10.6 Å². The number of nitrogens with one attached hydrogen (secondary N) is 2. The van der Waals surface area contributed by atoms with Gasteiger partial charge in [-0.15, -0.1) is 0 Å². The van der Waals surface area contributed by atoms with Crippen molar-refractivity contribution in [3.63, 3.8) is 0 Å². The van der Waals surface area contributed by atoms with Crippen LogP contribution in [0.4, 0.5) is 0 Å². The third-order valence-corrected chi connectivity index (χ3v) is 3.28. The average molecular weight is 225 g/mol. The quantitative estimate of drug-likeness (QED) is 0.670. The maximum atomic E-state index is 11.9. The van der Waals surface area contributed by atoms with E-state index >= 15 is 0 Å². The number of nitrogens with zero attached hydrogens (tertiary/aromatic N) is 1. The summed E-state index contributed by atoms with van der Waals surface area (Å²) in [5.74, 6) is 0.745.